The molecule has 0 spiro atoms. The number of carbonyl (C=O) groups excluding carboxylic acids is 1. The van der Waals surface area contributed by atoms with Gasteiger partial charge in [-0.05, 0) is 42.5 Å². The van der Waals surface area contributed by atoms with Crippen molar-refractivity contribution in [2.75, 3.05) is 43.1 Å². The first kappa shape index (κ1) is 25.3. The number of nitrogens with zero attached hydrogens (tertiary/aromatic N) is 3. The number of ether oxygens (including phenoxy) is 1. The summed E-state index contributed by atoms with van der Waals surface area (Å²) in [6.45, 7) is 3.39. The number of benzene rings is 2. The van der Waals surface area contributed by atoms with Crippen LogP contribution in [0.15, 0.2) is 71.8 Å². The van der Waals surface area contributed by atoms with E-state index < -0.39 is 16.0 Å². The first-order valence-corrected chi connectivity index (χ1v) is 12.1. The summed E-state index contributed by atoms with van der Waals surface area (Å²) in [5.41, 5.74) is 6.62. The maximum absolute atomic E-state index is 11.0. The quantitative estimate of drug-likeness (QED) is 0.507. The summed E-state index contributed by atoms with van der Waals surface area (Å²) in [5.74, 6) is 0.596. The highest BCUT2D eigenvalue weighted by molar-refractivity contribution is 7.85. The third-order valence-electron chi connectivity index (χ3n) is 5.17. The van der Waals surface area contributed by atoms with Gasteiger partial charge >= 0.3 is 0 Å². The highest BCUT2D eigenvalue weighted by Crippen LogP contribution is 2.22. The van der Waals surface area contributed by atoms with Crippen LogP contribution in [-0.2, 0) is 10.1 Å². The summed E-state index contributed by atoms with van der Waals surface area (Å²) in [6.07, 6.45) is 1.19. The number of primary amides is 1. The molecule has 1 aromatic heterocycles. The van der Waals surface area contributed by atoms with Gasteiger partial charge in [0.15, 0.2) is 0 Å². The molecule has 0 bridgehead atoms. The Labute approximate surface area is 203 Å². The lowest BCUT2D eigenvalue weighted by Gasteiger charge is -2.36. The summed E-state index contributed by atoms with van der Waals surface area (Å²) in [4.78, 5) is 19.2. The minimum atomic E-state index is -4.18. The lowest BCUT2D eigenvalue weighted by atomic mass is 10.2. The summed E-state index contributed by atoms with van der Waals surface area (Å²) < 4.78 is 35.9. The van der Waals surface area contributed by atoms with Crippen LogP contribution in [0.4, 0.5) is 11.5 Å². The number of anilines is 2. The number of carbonyl (C=O) groups is 1. The molecule has 1 amide bonds. The average molecular weight is 505 g/mol. The monoisotopic (exact) mass is 504 g/mol. The molecule has 2 heterocycles. The lowest BCUT2D eigenvalue weighted by molar-refractivity contribution is 0.0997. The van der Waals surface area contributed by atoms with E-state index in [9.17, 15) is 13.2 Å². The van der Waals surface area contributed by atoms with Crippen LogP contribution >= 0.6 is 11.6 Å². The Morgan fingerprint density at radius 3 is 2.21 bits per heavy atom. The van der Waals surface area contributed by atoms with Gasteiger partial charge in [0.2, 0.25) is 0 Å². The molecule has 34 heavy (non-hydrogen) atoms. The molecule has 180 valence electrons. The van der Waals surface area contributed by atoms with Crippen molar-refractivity contribution in [2.45, 2.75) is 4.90 Å². The third-order valence-corrected chi connectivity index (χ3v) is 6.24. The Balaban J connectivity index is 0.000000229. The molecule has 0 atom stereocenters. The second-order valence-electron chi connectivity index (χ2n) is 7.35. The third kappa shape index (κ3) is 6.60. The molecular formula is C23H25ClN4O5S. The Bertz CT molecular complexity index is 1220. The number of hydrogen-bond acceptors (Lipinski definition) is 7. The van der Waals surface area contributed by atoms with Crippen LogP contribution in [0.5, 0.6) is 5.75 Å². The molecule has 9 nitrogen and oxygen atoms in total. The molecule has 1 aliphatic rings. The van der Waals surface area contributed by atoms with E-state index in [1.807, 2.05) is 18.2 Å². The van der Waals surface area contributed by atoms with Gasteiger partial charge in [0.05, 0.1) is 18.9 Å². The van der Waals surface area contributed by atoms with Gasteiger partial charge in [-0.3, -0.25) is 9.35 Å². The summed E-state index contributed by atoms with van der Waals surface area (Å²) in [7, 11) is -2.73. The summed E-state index contributed by atoms with van der Waals surface area (Å²) >= 11 is 5.67. The lowest BCUT2D eigenvalue weighted by Crippen LogP contribution is -2.46. The van der Waals surface area contributed by atoms with Gasteiger partial charge in [-0.15, -0.1) is 0 Å². The van der Waals surface area contributed by atoms with Gasteiger partial charge in [-0.2, -0.15) is 8.42 Å². The number of nitrogens with two attached hydrogens (primary N) is 1. The highest BCUT2D eigenvalue weighted by atomic mass is 35.5. The molecule has 0 radical (unpaired) electrons. The largest absolute Gasteiger partial charge is 0.496 e. The van der Waals surface area contributed by atoms with Gasteiger partial charge < -0.3 is 20.3 Å². The SMILES string of the molecule is COc1cc(Cl)ccc1C(N)=O.O=S(=O)(O)c1ccc(N2CCN(c3ccccc3)CC2)nc1. The first-order chi connectivity index (χ1) is 16.2. The number of aromatic nitrogens is 1. The molecular weight excluding hydrogens is 480 g/mol. The second kappa shape index (κ2) is 11.2. The van der Waals surface area contributed by atoms with Crippen molar-refractivity contribution in [3.63, 3.8) is 0 Å². The van der Waals surface area contributed by atoms with Crippen molar-refractivity contribution in [1.82, 2.24) is 4.98 Å². The predicted molar refractivity (Wildman–Crippen MR) is 131 cm³/mol. The molecule has 4 rings (SSSR count). The molecule has 1 aliphatic heterocycles. The standard InChI is InChI=1S/C15H17N3O3S.C8H8ClNO2/c19-22(20,21)14-6-7-15(16-12-14)18-10-8-17(9-11-18)13-4-2-1-3-5-13;1-12-7-4-5(9)2-3-6(7)8(10)11/h1-7,12H,8-11H2,(H,19,20,21);2-4H,1H3,(H2,10,11). The Morgan fingerprint density at radius 1 is 1.03 bits per heavy atom. The molecule has 3 N–H and O–H groups in total. The van der Waals surface area contributed by atoms with Crippen LogP contribution in [0.3, 0.4) is 0 Å². The topological polar surface area (TPSA) is 126 Å². The van der Waals surface area contributed by atoms with E-state index in [0.29, 0.717) is 16.3 Å². The minimum Gasteiger partial charge on any atom is -0.496 e. The fourth-order valence-electron chi connectivity index (χ4n) is 3.41. The molecule has 1 saturated heterocycles. The Morgan fingerprint density at radius 2 is 1.68 bits per heavy atom. The van der Waals surface area contributed by atoms with Gasteiger partial charge in [-0.25, -0.2) is 4.98 Å². The van der Waals surface area contributed by atoms with Crippen LogP contribution in [0.25, 0.3) is 0 Å². The van der Waals surface area contributed by atoms with Crippen LogP contribution < -0.4 is 20.3 Å². The Hall–Kier alpha value is -3.34. The normalized spacial score (nSPS) is 13.6. The number of halogens is 1. The molecule has 0 unspecified atom stereocenters. The highest BCUT2D eigenvalue weighted by Gasteiger charge is 2.19. The number of rotatable bonds is 5. The van der Waals surface area contributed by atoms with Crippen molar-refractivity contribution in [2.24, 2.45) is 5.73 Å². The van der Waals surface area contributed by atoms with Crippen LogP contribution in [0, 0.1) is 0 Å². The van der Waals surface area contributed by atoms with Gasteiger partial charge in [-0.1, -0.05) is 29.8 Å². The van der Waals surface area contributed by atoms with E-state index >= 15 is 0 Å². The summed E-state index contributed by atoms with van der Waals surface area (Å²) in [5, 5.41) is 0.511. The molecule has 1 fully saturated rings. The van der Waals surface area contributed by atoms with E-state index in [-0.39, 0.29) is 4.90 Å². The van der Waals surface area contributed by atoms with Crippen molar-refractivity contribution < 1.29 is 22.5 Å². The van der Waals surface area contributed by atoms with Gasteiger partial charge in [0.25, 0.3) is 16.0 Å². The molecule has 0 aliphatic carbocycles. The van der Waals surface area contributed by atoms with Crippen molar-refractivity contribution in [3.8, 4) is 5.75 Å². The number of hydrogen-bond donors (Lipinski definition) is 2. The molecule has 11 heteroatoms. The number of amides is 1. The van der Waals surface area contributed by atoms with Gasteiger partial charge in [0.1, 0.15) is 16.5 Å². The number of para-hydroxylation sites is 1. The van der Waals surface area contributed by atoms with Crippen LogP contribution in [0.1, 0.15) is 10.4 Å². The number of methoxy groups -OCH3 is 1. The smallest absolute Gasteiger partial charge is 0.296 e. The average Bonchev–Trinajstić information content (AvgIpc) is 2.84. The fraction of sp³-hybridized carbons (Fsp3) is 0.217. The van der Waals surface area contributed by atoms with Crippen molar-refractivity contribution in [1.29, 1.82) is 0 Å². The van der Waals surface area contributed by atoms with Crippen molar-refractivity contribution >= 4 is 39.1 Å². The van der Waals surface area contributed by atoms with Gasteiger partial charge in [0, 0.05) is 36.9 Å². The van der Waals surface area contributed by atoms with Crippen molar-refractivity contribution in [3.05, 3.63) is 77.4 Å². The zero-order valence-electron chi connectivity index (χ0n) is 18.5. The zero-order chi connectivity index (χ0) is 24.7. The Kier molecular flexibility index (Phi) is 8.32. The number of pyridine rings is 1. The maximum Gasteiger partial charge on any atom is 0.296 e. The van der Waals surface area contributed by atoms with Crippen LogP contribution in [-0.4, -0.2) is 57.2 Å². The zero-order valence-corrected chi connectivity index (χ0v) is 20.0. The van der Waals surface area contributed by atoms with E-state index in [1.54, 1.807) is 18.2 Å². The molecule has 2 aromatic carbocycles. The van der Waals surface area contributed by atoms with Crippen LogP contribution in [0.2, 0.25) is 5.02 Å². The minimum absolute atomic E-state index is 0.181. The predicted octanol–water partition coefficient (Wildman–Crippen LogP) is 3.10. The first-order valence-electron chi connectivity index (χ1n) is 10.3. The fourth-order valence-corrected chi connectivity index (χ4v) is 4.00. The van der Waals surface area contributed by atoms with E-state index in [1.165, 1.54) is 31.1 Å². The molecule has 3 aromatic rings. The molecule has 0 saturated carbocycles. The summed E-state index contributed by atoms with van der Waals surface area (Å²) in [6, 6.07) is 17.9. The second-order valence-corrected chi connectivity index (χ2v) is 9.20. The van der Waals surface area contributed by atoms with E-state index in [0.717, 1.165) is 32.0 Å². The van der Waals surface area contributed by atoms with E-state index in [4.69, 9.17) is 26.6 Å². The maximum atomic E-state index is 11.0. The number of piperazine rings is 1. The van der Waals surface area contributed by atoms with E-state index in [2.05, 4.69) is 26.9 Å².